The van der Waals surface area contributed by atoms with Gasteiger partial charge in [-0.2, -0.15) is 26.9 Å². The first-order valence-electron chi connectivity index (χ1n) is 11.3. The maximum atomic E-state index is 13.1. The molecule has 2 bridgehead atoms. The Bertz CT molecular complexity index is 1090. The molecule has 3 fully saturated rings. The van der Waals surface area contributed by atoms with Crippen molar-refractivity contribution in [2.75, 3.05) is 36.4 Å². The van der Waals surface area contributed by atoms with E-state index in [1.807, 2.05) is 4.90 Å². The number of hydrogen-bond donors (Lipinski definition) is 1. The topological polar surface area (TPSA) is 83.5 Å². The zero-order chi connectivity index (χ0) is 24.7. The van der Waals surface area contributed by atoms with E-state index in [0.29, 0.717) is 31.2 Å². The maximum Gasteiger partial charge on any atom is 0.416 e. The number of halogens is 5. The third-order valence-corrected chi connectivity index (χ3v) is 6.51. The van der Waals surface area contributed by atoms with Gasteiger partial charge < -0.3 is 19.9 Å². The van der Waals surface area contributed by atoms with Crippen LogP contribution in [0.4, 0.5) is 39.5 Å². The van der Waals surface area contributed by atoms with E-state index in [9.17, 15) is 26.7 Å². The first-order valence-corrected chi connectivity index (χ1v) is 11.3. The Hall–Kier alpha value is -3.09. The van der Waals surface area contributed by atoms with Gasteiger partial charge in [0.15, 0.2) is 0 Å². The number of pyridine rings is 1. The van der Waals surface area contributed by atoms with Crippen LogP contribution in [-0.4, -0.2) is 70.6 Å². The van der Waals surface area contributed by atoms with Gasteiger partial charge in [0.2, 0.25) is 5.95 Å². The van der Waals surface area contributed by atoms with Crippen LogP contribution in [0.2, 0.25) is 0 Å². The average Bonchev–Trinajstić information content (AvgIpc) is 3.44. The first-order chi connectivity index (χ1) is 16.7. The summed E-state index contributed by atoms with van der Waals surface area (Å²) in [5.74, 6) is -0.978. The van der Waals surface area contributed by atoms with Gasteiger partial charge in [0.25, 0.3) is 5.91 Å². The van der Waals surface area contributed by atoms with Crippen LogP contribution in [0.5, 0.6) is 0 Å². The fourth-order valence-electron chi connectivity index (χ4n) is 4.79. The molecular formula is C22H23F5N6O2. The molecule has 2 aromatic heterocycles. The van der Waals surface area contributed by atoms with Crippen molar-refractivity contribution in [2.45, 2.75) is 50.0 Å². The smallest absolute Gasteiger partial charge is 0.371 e. The summed E-state index contributed by atoms with van der Waals surface area (Å²) in [7, 11) is 0. The number of carbonyl (C=O) groups is 1. The highest BCUT2D eigenvalue weighted by atomic mass is 19.4. The minimum Gasteiger partial charge on any atom is -0.371 e. The fraction of sp³-hybridized carbons (Fsp3) is 0.545. The van der Waals surface area contributed by atoms with Crippen molar-refractivity contribution in [3.63, 3.8) is 0 Å². The lowest BCUT2D eigenvalue weighted by Gasteiger charge is -2.32. The Morgan fingerprint density at radius 1 is 1.06 bits per heavy atom. The van der Waals surface area contributed by atoms with Gasteiger partial charge >= 0.3 is 12.6 Å². The Morgan fingerprint density at radius 2 is 1.80 bits per heavy atom. The molecule has 1 N–H and O–H groups in total. The van der Waals surface area contributed by atoms with E-state index in [0.717, 1.165) is 36.1 Å². The second-order valence-corrected chi connectivity index (χ2v) is 8.96. The number of aromatic nitrogens is 3. The molecule has 188 valence electrons. The third kappa shape index (κ3) is 5.14. The molecule has 3 unspecified atom stereocenters. The number of ether oxygens (including phenoxy) is 1. The van der Waals surface area contributed by atoms with E-state index in [2.05, 4.69) is 20.3 Å². The summed E-state index contributed by atoms with van der Waals surface area (Å²) in [5, 5.41) is 2.83. The molecule has 8 nitrogen and oxygen atoms in total. The second kappa shape index (κ2) is 9.17. The van der Waals surface area contributed by atoms with Gasteiger partial charge in [0, 0.05) is 44.4 Å². The number of alkyl halides is 5. The van der Waals surface area contributed by atoms with Crippen molar-refractivity contribution in [3.8, 4) is 0 Å². The molecule has 0 saturated carbocycles. The normalized spacial score (nSPS) is 24.3. The Morgan fingerprint density at radius 3 is 2.49 bits per heavy atom. The number of hydrogen-bond acceptors (Lipinski definition) is 7. The van der Waals surface area contributed by atoms with Crippen molar-refractivity contribution < 1.29 is 31.5 Å². The van der Waals surface area contributed by atoms with E-state index in [1.54, 1.807) is 6.07 Å². The Balaban J connectivity index is 1.44. The Kier molecular flexibility index (Phi) is 6.20. The summed E-state index contributed by atoms with van der Waals surface area (Å²) in [6, 6.07) is 3.33. The number of morpholine rings is 1. The van der Waals surface area contributed by atoms with E-state index < -0.39 is 24.1 Å². The highest BCUT2D eigenvalue weighted by Crippen LogP contribution is 2.34. The van der Waals surface area contributed by atoms with Gasteiger partial charge in [-0.15, -0.1) is 0 Å². The third-order valence-electron chi connectivity index (χ3n) is 6.51. The van der Waals surface area contributed by atoms with E-state index >= 15 is 0 Å². The lowest BCUT2D eigenvalue weighted by molar-refractivity contribution is -0.141. The molecule has 0 aliphatic carbocycles. The van der Waals surface area contributed by atoms with Crippen LogP contribution in [0.1, 0.15) is 36.4 Å². The van der Waals surface area contributed by atoms with Gasteiger partial charge in [0.05, 0.1) is 23.5 Å². The molecule has 0 aromatic carbocycles. The van der Waals surface area contributed by atoms with Gasteiger partial charge in [-0.1, -0.05) is 0 Å². The lowest BCUT2D eigenvalue weighted by atomic mass is 10.0. The molecule has 13 heteroatoms. The number of likely N-dealkylation sites (tertiary alicyclic amines) is 1. The van der Waals surface area contributed by atoms with Crippen LogP contribution in [0.25, 0.3) is 0 Å². The molecule has 35 heavy (non-hydrogen) atoms. The monoisotopic (exact) mass is 498 g/mol. The number of amides is 1. The summed E-state index contributed by atoms with van der Waals surface area (Å²) in [4.78, 5) is 28.0. The molecule has 5 heterocycles. The SMILES string of the molecule is O=C(C(F)F)N1CCC(c2cc(Nc3cc(C(F)(F)F)ccn3)nc(N3CC4CCC(C3)O4)n2)C1. The molecule has 3 atom stereocenters. The maximum absolute atomic E-state index is 13.1. The van der Waals surface area contributed by atoms with Crippen LogP contribution in [0.3, 0.4) is 0 Å². The molecule has 1 amide bonds. The molecule has 3 saturated heterocycles. The zero-order valence-corrected chi connectivity index (χ0v) is 18.5. The number of nitrogens with one attached hydrogen (secondary N) is 1. The highest BCUT2D eigenvalue weighted by molar-refractivity contribution is 5.79. The second-order valence-electron chi connectivity index (χ2n) is 8.96. The van der Waals surface area contributed by atoms with Gasteiger partial charge in [-0.05, 0) is 31.4 Å². The Labute approximate surface area is 197 Å². The fourth-order valence-corrected chi connectivity index (χ4v) is 4.79. The minimum absolute atomic E-state index is 0.0431. The summed E-state index contributed by atoms with van der Waals surface area (Å²) < 4.78 is 71.0. The van der Waals surface area contributed by atoms with Crippen LogP contribution >= 0.6 is 0 Å². The molecule has 2 aromatic rings. The van der Waals surface area contributed by atoms with E-state index in [1.165, 1.54) is 0 Å². The van der Waals surface area contributed by atoms with E-state index in [4.69, 9.17) is 4.74 Å². The van der Waals surface area contributed by atoms with Crippen molar-refractivity contribution in [1.29, 1.82) is 0 Å². The quantitative estimate of drug-likeness (QED) is 0.631. The van der Waals surface area contributed by atoms with Crippen LogP contribution in [0, 0.1) is 0 Å². The number of fused-ring (bicyclic) bond motifs is 2. The average molecular weight is 498 g/mol. The van der Waals surface area contributed by atoms with Crippen LogP contribution in [0.15, 0.2) is 24.4 Å². The first kappa shape index (κ1) is 23.6. The van der Waals surface area contributed by atoms with Crippen LogP contribution in [-0.2, 0) is 15.7 Å². The number of anilines is 3. The molecular weight excluding hydrogens is 475 g/mol. The van der Waals surface area contributed by atoms with Crippen LogP contribution < -0.4 is 10.2 Å². The molecule has 0 radical (unpaired) electrons. The number of rotatable bonds is 5. The lowest BCUT2D eigenvalue weighted by Crippen LogP contribution is -2.43. The molecule has 3 aliphatic rings. The summed E-state index contributed by atoms with van der Waals surface area (Å²) in [6.45, 7) is 1.39. The summed E-state index contributed by atoms with van der Waals surface area (Å²) in [6.07, 6.45) is -4.17. The van der Waals surface area contributed by atoms with Gasteiger partial charge in [0.1, 0.15) is 11.6 Å². The van der Waals surface area contributed by atoms with E-state index in [-0.39, 0.29) is 42.9 Å². The zero-order valence-electron chi connectivity index (χ0n) is 18.5. The molecule has 5 rings (SSSR count). The predicted octanol–water partition coefficient (Wildman–Crippen LogP) is 3.58. The number of nitrogens with zero attached hydrogens (tertiary/aromatic N) is 5. The summed E-state index contributed by atoms with van der Waals surface area (Å²) >= 11 is 0. The standard InChI is InChI=1S/C22H23F5N6O2/c23-19(24)20(34)32-6-4-12(9-32)16-8-18(30-17-7-13(3-5-28-17)22(25,26)27)31-21(29-16)33-10-14-1-2-15(11-33)35-14/h3,5,7-8,12,14-15,19H,1-2,4,6,9-11H2,(H,28,29,30,31). The molecule has 3 aliphatic heterocycles. The number of carbonyl (C=O) groups excluding carboxylic acids is 1. The van der Waals surface area contributed by atoms with Crippen molar-refractivity contribution >= 4 is 23.5 Å². The minimum atomic E-state index is -4.53. The summed E-state index contributed by atoms with van der Waals surface area (Å²) in [5.41, 5.74) is -0.334. The van der Waals surface area contributed by atoms with Crippen molar-refractivity contribution in [3.05, 3.63) is 35.7 Å². The van der Waals surface area contributed by atoms with Crippen molar-refractivity contribution in [2.24, 2.45) is 0 Å². The highest BCUT2D eigenvalue weighted by Gasteiger charge is 2.37. The molecule has 0 spiro atoms. The van der Waals surface area contributed by atoms with Crippen molar-refractivity contribution in [1.82, 2.24) is 19.9 Å². The van der Waals surface area contributed by atoms with Gasteiger partial charge in [-0.3, -0.25) is 4.79 Å². The largest absolute Gasteiger partial charge is 0.416 e. The van der Waals surface area contributed by atoms with Gasteiger partial charge in [-0.25, -0.2) is 9.97 Å². The predicted molar refractivity (Wildman–Crippen MR) is 115 cm³/mol.